The normalized spacial score (nSPS) is 10.1. The molecule has 3 rings (SSSR count). The molecule has 0 atom stereocenters. The Hall–Kier alpha value is -3.61. The van der Waals surface area contributed by atoms with E-state index in [9.17, 15) is 4.79 Å². The number of carbonyl (C=O) groups is 1. The SMILES string of the molecule is COc1ccc(CNc2ccc(NC(=O)c3ccccc3)nn2)cc1OC. The highest BCUT2D eigenvalue weighted by atomic mass is 16.5. The molecule has 0 saturated carbocycles. The number of methoxy groups -OCH3 is 2. The lowest BCUT2D eigenvalue weighted by atomic mass is 10.2. The van der Waals surface area contributed by atoms with Crippen molar-refractivity contribution in [3.05, 3.63) is 71.8 Å². The summed E-state index contributed by atoms with van der Waals surface area (Å²) in [6.45, 7) is 0.546. The molecule has 0 aliphatic carbocycles. The zero-order valence-corrected chi connectivity index (χ0v) is 15.1. The first-order valence-electron chi connectivity index (χ1n) is 8.34. The number of benzene rings is 2. The molecular weight excluding hydrogens is 344 g/mol. The fourth-order valence-electron chi connectivity index (χ4n) is 2.45. The first-order valence-corrected chi connectivity index (χ1v) is 8.34. The van der Waals surface area contributed by atoms with Crippen LogP contribution in [0.15, 0.2) is 60.7 Å². The molecule has 0 bridgehead atoms. The summed E-state index contributed by atoms with van der Waals surface area (Å²) in [6, 6.07) is 18.1. The highest BCUT2D eigenvalue weighted by Crippen LogP contribution is 2.27. The fourth-order valence-corrected chi connectivity index (χ4v) is 2.45. The van der Waals surface area contributed by atoms with Gasteiger partial charge in [-0.25, -0.2) is 0 Å². The topological polar surface area (TPSA) is 85.4 Å². The lowest BCUT2D eigenvalue weighted by Gasteiger charge is -2.10. The van der Waals surface area contributed by atoms with Crippen molar-refractivity contribution in [3.8, 4) is 11.5 Å². The van der Waals surface area contributed by atoms with Crippen LogP contribution in [0.2, 0.25) is 0 Å². The molecule has 1 aromatic heterocycles. The molecule has 0 fully saturated rings. The van der Waals surface area contributed by atoms with Gasteiger partial charge in [0.05, 0.1) is 14.2 Å². The molecule has 1 amide bonds. The predicted octanol–water partition coefficient (Wildman–Crippen LogP) is 3.36. The summed E-state index contributed by atoms with van der Waals surface area (Å²) in [5.74, 6) is 2.11. The van der Waals surface area contributed by atoms with E-state index >= 15 is 0 Å². The van der Waals surface area contributed by atoms with Crippen LogP contribution in [-0.2, 0) is 6.54 Å². The Labute approximate surface area is 157 Å². The van der Waals surface area contributed by atoms with E-state index in [2.05, 4.69) is 20.8 Å². The van der Waals surface area contributed by atoms with Gasteiger partial charge in [0, 0.05) is 12.1 Å². The van der Waals surface area contributed by atoms with Crippen LogP contribution in [0.25, 0.3) is 0 Å². The number of hydrogen-bond donors (Lipinski definition) is 2. The van der Waals surface area contributed by atoms with Crippen LogP contribution in [-0.4, -0.2) is 30.3 Å². The molecule has 7 nitrogen and oxygen atoms in total. The average Bonchev–Trinajstić information content (AvgIpc) is 2.73. The van der Waals surface area contributed by atoms with E-state index in [1.54, 1.807) is 38.5 Å². The fraction of sp³-hybridized carbons (Fsp3) is 0.150. The lowest BCUT2D eigenvalue weighted by molar-refractivity contribution is 0.102. The van der Waals surface area contributed by atoms with Crippen LogP contribution < -0.4 is 20.1 Å². The molecule has 1 heterocycles. The first kappa shape index (κ1) is 18.2. The number of nitrogens with one attached hydrogen (secondary N) is 2. The van der Waals surface area contributed by atoms with Crippen molar-refractivity contribution in [2.24, 2.45) is 0 Å². The van der Waals surface area contributed by atoms with Crippen molar-refractivity contribution in [2.45, 2.75) is 6.54 Å². The van der Waals surface area contributed by atoms with E-state index in [0.717, 1.165) is 5.56 Å². The zero-order chi connectivity index (χ0) is 19.1. The van der Waals surface area contributed by atoms with Gasteiger partial charge < -0.3 is 20.1 Å². The number of amides is 1. The van der Waals surface area contributed by atoms with Gasteiger partial charge in [-0.3, -0.25) is 4.79 Å². The third kappa shape index (κ3) is 4.72. The van der Waals surface area contributed by atoms with Crippen molar-refractivity contribution in [1.82, 2.24) is 10.2 Å². The minimum absolute atomic E-state index is 0.226. The number of anilines is 2. The lowest BCUT2D eigenvalue weighted by Crippen LogP contribution is -2.13. The summed E-state index contributed by atoms with van der Waals surface area (Å²) < 4.78 is 10.5. The quantitative estimate of drug-likeness (QED) is 0.669. The minimum atomic E-state index is -0.226. The summed E-state index contributed by atoms with van der Waals surface area (Å²) in [6.07, 6.45) is 0. The average molecular weight is 364 g/mol. The molecular formula is C20H20N4O3. The standard InChI is InChI=1S/C20H20N4O3/c1-26-16-9-8-14(12-17(16)27-2)13-21-18-10-11-19(24-23-18)22-20(25)15-6-4-3-5-7-15/h3-12H,13H2,1-2H3,(H,21,23)(H,22,24,25). The molecule has 0 unspecified atom stereocenters. The van der Waals surface area contributed by atoms with Gasteiger partial charge in [-0.2, -0.15) is 0 Å². The highest BCUT2D eigenvalue weighted by molar-refractivity contribution is 6.03. The molecule has 2 N–H and O–H groups in total. The van der Waals surface area contributed by atoms with Crippen LogP contribution in [0, 0.1) is 0 Å². The number of carbonyl (C=O) groups excluding carboxylic acids is 1. The molecule has 27 heavy (non-hydrogen) atoms. The number of ether oxygens (including phenoxy) is 2. The second-order valence-electron chi connectivity index (χ2n) is 5.67. The summed E-state index contributed by atoms with van der Waals surface area (Å²) >= 11 is 0. The molecule has 2 aromatic carbocycles. The Kier molecular flexibility index (Phi) is 5.84. The summed E-state index contributed by atoms with van der Waals surface area (Å²) in [5.41, 5.74) is 1.57. The van der Waals surface area contributed by atoms with Crippen LogP contribution in [0.1, 0.15) is 15.9 Å². The molecule has 0 aliphatic heterocycles. The van der Waals surface area contributed by atoms with E-state index in [1.807, 2.05) is 36.4 Å². The number of aromatic nitrogens is 2. The van der Waals surface area contributed by atoms with Crippen LogP contribution in [0.5, 0.6) is 11.5 Å². The predicted molar refractivity (Wildman–Crippen MR) is 103 cm³/mol. The monoisotopic (exact) mass is 364 g/mol. The molecule has 0 spiro atoms. The maximum Gasteiger partial charge on any atom is 0.256 e. The Morgan fingerprint density at radius 1 is 0.889 bits per heavy atom. The molecule has 3 aromatic rings. The van der Waals surface area contributed by atoms with Gasteiger partial charge in [-0.1, -0.05) is 24.3 Å². The summed E-state index contributed by atoms with van der Waals surface area (Å²) in [5, 5.41) is 14.0. The van der Waals surface area contributed by atoms with Crippen molar-refractivity contribution in [1.29, 1.82) is 0 Å². The Bertz CT molecular complexity index is 899. The molecule has 7 heteroatoms. The molecule has 0 saturated heterocycles. The minimum Gasteiger partial charge on any atom is -0.493 e. The van der Waals surface area contributed by atoms with Gasteiger partial charge in [0.2, 0.25) is 0 Å². The van der Waals surface area contributed by atoms with Gasteiger partial charge in [-0.05, 0) is 42.0 Å². The van der Waals surface area contributed by atoms with E-state index in [-0.39, 0.29) is 5.91 Å². The van der Waals surface area contributed by atoms with E-state index < -0.39 is 0 Å². The van der Waals surface area contributed by atoms with E-state index in [4.69, 9.17) is 9.47 Å². The van der Waals surface area contributed by atoms with E-state index in [0.29, 0.717) is 35.2 Å². The maximum absolute atomic E-state index is 12.1. The molecule has 138 valence electrons. The van der Waals surface area contributed by atoms with Crippen molar-refractivity contribution in [3.63, 3.8) is 0 Å². The van der Waals surface area contributed by atoms with Crippen molar-refractivity contribution < 1.29 is 14.3 Å². The highest BCUT2D eigenvalue weighted by Gasteiger charge is 2.07. The zero-order valence-electron chi connectivity index (χ0n) is 15.1. The van der Waals surface area contributed by atoms with Crippen molar-refractivity contribution in [2.75, 3.05) is 24.9 Å². The van der Waals surface area contributed by atoms with Gasteiger partial charge in [0.1, 0.15) is 5.82 Å². The summed E-state index contributed by atoms with van der Waals surface area (Å²) in [4.78, 5) is 12.1. The number of rotatable bonds is 7. The van der Waals surface area contributed by atoms with Gasteiger partial charge in [-0.15, -0.1) is 10.2 Å². The Balaban J connectivity index is 1.59. The molecule has 0 radical (unpaired) electrons. The van der Waals surface area contributed by atoms with Crippen LogP contribution in [0.3, 0.4) is 0 Å². The Morgan fingerprint density at radius 2 is 1.59 bits per heavy atom. The van der Waals surface area contributed by atoms with Gasteiger partial charge >= 0.3 is 0 Å². The summed E-state index contributed by atoms with van der Waals surface area (Å²) in [7, 11) is 3.20. The smallest absolute Gasteiger partial charge is 0.256 e. The number of nitrogens with zero attached hydrogens (tertiary/aromatic N) is 2. The van der Waals surface area contributed by atoms with Crippen LogP contribution >= 0.6 is 0 Å². The second kappa shape index (κ2) is 8.66. The van der Waals surface area contributed by atoms with E-state index in [1.165, 1.54) is 0 Å². The number of hydrogen-bond acceptors (Lipinski definition) is 6. The second-order valence-corrected chi connectivity index (χ2v) is 5.67. The third-order valence-electron chi connectivity index (χ3n) is 3.86. The van der Waals surface area contributed by atoms with Crippen LogP contribution in [0.4, 0.5) is 11.6 Å². The van der Waals surface area contributed by atoms with Crippen molar-refractivity contribution >= 4 is 17.5 Å². The van der Waals surface area contributed by atoms with Gasteiger partial charge in [0.15, 0.2) is 17.3 Å². The van der Waals surface area contributed by atoms with Gasteiger partial charge in [0.25, 0.3) is 5.91 Å². The Morgan fingerprint density at radius 3 is 2.26 bits per heavy atom. The molecule has 0 aliphatic rings. The first-order chi connectivity index (χ1) is 13.2. The third-order valence-corrected chi connectivity index (χ3v) is 3.86. The maximum atomic E-state index is 12.1. The largest absolute Gasteiger partial charge is 0.493 e.